The number of aromatic hydroxyl groups is 4. The van der Waals surface area contributed by atoms with Crippen LogP contribution in [0.15, 0.2) is 24.3 Å². The van der Waals surface area contributed by atoms with Crippen molar-refractivity contribution >= 4 is 23.5 Å². The molecule has 2 atom stereocenters. The van der Waals surface area contributed by atoms with Gasteiger partial charge in [-0.25, -0.2) is 0 Å². The zero-order valence-electron chi connectivity index (χ0n) is 28.5. The molecule has 0 amide bonds. The molecular formula is C36H52O12. The van der Waals surface area contributed by atoms with E-state index in [0.717, 1.165) is 12.1 Å². The zero-order valence-corrected chi connectivity index (χ0v) is 28.5. The second-order valence-electron chi connectivity index (χ2n) is 11.4. The molecule has 0 saturated carbocycles. The van der Waals surface area contributed by atoms with E-state index in [1.807, 2.05) is 13.8 Å². The molecule has 0 unspecified atom stereocenters. The topological polar surface area (TPSA) is 208 Å². The summed E-state index contributed by atoms with van der Waals surface area (Å²) in [4.78, 5) is 48.1. The highest BCUT2D eigenvalue weighted by Gasteiger charge is 2.21. The van der Waals surface area contributed by atoms with Crippen LogP contribution < -0.4 is 0 Å². The summed E-state index contributed by atoms with van der Waals surface area (Å²) in [7, 11) is 0. The highest BCUT2D eigenvalue weighted by Crippen LogP contribution is 2.31. The third-order valence-electron chi connectivity index (χ3n) is 7.53. The maximum absolute atomic E-state index is 12.4. The number of Topliss-reactive ketones (excluding diaryl/α,β-unsaturated/α-hetero) is 2. The average molecular weight is 677 g/mol. The van der Waals surface area contributed by atoms with E-state index in [1.54, 1.807) is 13.8 Å². The Morgan fingerprint density at radius 2 is 0.938 bits per heavy atom. The molecule has 0 heterocycles. The standard InChI is InChI=1S/2C18H26O6/c2*1-3-13(19)7-5-6-8-15(21)18-12(10-17(23)24-4-2)9-14(20)11-16(18)22/h2*9,11,13,19-20,22H,3-8,10H2,1-2H3/t2*13-/m11/s1. The van der Waals surface area contributed by atoms with E-state index in [9.17, 15) is 49.8 Å². The van der Waals surface area contributed by atoms with Gasteiger partial charge in [0.25, 0.3) is 0 Å². The van der Waals surface area contributed by atoms with E-state index in [1.165, 1.54) is 12.1 Å². The van der Waals surface area contributed by atoms with Gasteiger partial charge >= 0.3 is 11.9 Å². The summed E-state index contributed by atoms with van der Waals surface area (Å²) in [6.07, 6.45) is 4.47. The van der Waals surface area contributed by atoms with Crippen LogP contribution in [0.4, 0.5) is 0 Å². The zero-order chi connectivity index (χ0) is 36.2. The number of hydrogen-bond donors (Lipinski definition) is 6. The molecule has 12 heteroatoms. The van der Waals surface area contributed by atoms with Crippen molar-refractivity contribution in [1.82, 2.24) is 0 Å². The predicted octanol–water partition coefficient (Wildman–Crippen LogP) is 5.43. The Hall–Kier alpha value is -4.16. The molecule has 2 rings (SSSR count). The number of carbonyl (C=O) groups is 4. The molecule has 2 aromatic rings. The molecule has 0 spiro atoms. The van der Waals surface area contributed by atoms with E-state index < -0.39 is 11.9 Å². The minimum atomic E-state index is -0.525. The number of phenols is 4. The lowest BCUT2D eigenvalue weighted by atomic mass is 9.96. The first kappa shape index (κ1) is 41.9. The van der Waals surface area contributed by atoms with Gasteiger partial charge in [-0.3, -0.25) is 19.2 Å². The molecule has 0 bridgehead atoms. The number of aliphatic hydroxyl groups excluding tert-OH is 2. The van der Waals surface area contributed by atoms with E-state index in [0.29, 0.717) is 51.4 Å². The quantitative estimate of drug-likeness (QED) is 0.0589. The third-order valence-corrected chi connectivity index (χ3v) is 7.53. The smallest absolute Gasteiger partial charge is 0.310 e. The SMILES string of the molecule is CCOC(=O)Cc1cc(O)cc(O)c1C(=O)CCCC[C@H](O)CC.CCOC(=O)Cc1cc(O)cc(O)c1C(=O)CCCC[C@H](O)CC. The Bertz CT molecular complexity index is 1240. The molecule has 2 aromatic carbocycles. The molecule has 12 nitrogen and oxygen atoms in total. The summed E-state index contributed by atoms with van der Waals surface area (Å²) in [6, 6.07) is 4.76. The number of unbranched alkanes of at least 4 members (excludes halogenated alkanes) is 2. The van der Waals surface area contributed by atoms with Crippen molar-refractivity contribution in [2.45, 2.75) is 117 Å². The van der Waals surface area contributed by atoms with Gasteiger partial charge in [0, 0.05) is 25.0 Å². The number of esters is 2. The Labute approximate surface area is 282 Å². The van der Waals surface area contributed by atoms with E-state index in [-0.39, 0.29) is 108 Å². The number of rotatable bonds is 20. The van der Waals surface area contributed by atoms with E-state index in [4.69, 9.17) is 9.47 Å². The summed E-state index contributed by atoms with van der Waals surface area (Å²) in [5.41, 5.74) is 0.614. The van der Waals surface area contributed by atoms with Crippen molar-refractivity contribution < 1.29 is 59.3 Å². The molecule has 0 aromatic heterocycles. The molecule has 0 aliphatic carbocycles. The Morgan fingerprint density at radius 3 is 1.25 bits per heavy atom. The van der Waals surface area contributed by atoms with Crippen LogP contribution in [0.3, 0.4) is 0 Å². The monoisotopic (exact) mass is 676 g/mol. The number of ether oxygens (including phenoxy) is 2. The minimum absolute atomic E-state index is 0.0527. The maximum Gasteiger partial charge on any atom is 0.310 e. The first-order valence-corrected chi connectivity index (χ1v) is 16.6. The molecule has 48 heavy (non-hydrogen) atoms. The van der Waals surface area contributed by atoms with Crippen LogP contribution in [0, 0.1) is 0 Å². The molecule has 0 radical (unpaired) electrons. The first-order valence-electron chi connectivity index (χ1n) is 16.6. The van der Waals surface area contributed by atoms with Crippen molar-refractivity contribution in [3.63, 3.8) is 0 Å². The van der Waals surface area contributed by atoms with E-state index in [2.05, 4.69) is 0 Å². The molecule has 0 aliphatic rings. The summed E-state index contributed by atoms with van der Waals surface area (Å²) < 4.78 is 9.71. The largest absolute Gasteiger partial charge is 0.508 e. The number of hydrogen-bond acceptors (Lipinski definition) is 12. The molecule has 268 valence electrons. The lowest BCUT2D eigenvalue weighted by molar-refractivity contribution is -0.143. The van der Waals surface area contributed by atoms with Gasteiger partial charge in [-0.2, -0.15) is 0 Å². The lowest BCUT2D eigenvalue weighted by Crippen LogP contribution is -2.12. The van der Waals surface area contributed by atoms with Gasteiger partial charge < -0.3 is 40.1 Å². The van der Waals surface area contributed by atoms with Gasteiger partial charge in [0.2, 0.25) is 0 Å². The summed E-state index contributed by atoms with van der Waals surface area (Å²) in [6.45, 7) is 7.57. The second-order valence-corrected chi connectivity index (χ2v) is 11.4. The normalized spacial score (nSPS) is 12.0. The molecule has 0 aliphatic heterocycles. The minimum Gasteiger partial charge on any atom is -0.508 e. The number of carbonyl (C=O) groups excluding carboxylic acids is 4. The average Bonchev–Trinajstić information content (AvgIpc) is 3.00. The lowest BCUT2D eigenvalue weighted by Gasteiger charge is -2.12. The Kier molecular flexibility index (Phi) is 19.6. The van der Waals surface area contributed by atoms with E-state index >= 15 is 0 Å². The van der Waals surface area contributed by atoms with Gasteiger partial charge in [0.05, 0.1) is 49.4 Å². The van der Waals surface area contributed by atoms with Crippen LogP contribution in [-0.4, -0.2) is 79.6 Å². The van der Waals surface area contributed by atoms with Crippen molar-refractivity contribution in [2.75, 3.05) is 13.2 Å². The maximum atomic E-state index is 12.4. The molecule has 0 saturated heterocycles. The Morgan fingerprint density at radius 1 is 0.583 bits per heavy atom. The van der Waals surface area contributed by atoms with Crippen molar-refractivity contribution in [3.8, 4) is 23.0 Å². The fourth-order valence-corrected chi connectivity index (χ4v) is 4.99. The van der Waals surface area contributed by atoms with Crippen LogP contribution in [0.5, 0.6) is 23.0 Å². The highest BCUT2D eigenvalue weighted by atomic mass is 16.5. The van der Waals surface area contributed by atoms with Crippen LogP contribution in [0.25, 0.3) is 0 Å². The summed E-state index contributed by atoms with van der Waals surface area (Å²) in [5, 5.41) is 58.2. The van der Waals surface area contributed by atoms with Crippen molar-refractivity contribution in [1.29, 1.82) is 0 Å². The summed E-state index contributed by atoms with van der Waals surface area (Å²) >= 11 is 0. The van der Waals surface area contributed by atoms with Crippen LogP contribution in [0.1, 0.15) is 124 Å². The van der Waals surface area contributed by atoms with Gasteiger partial charge in [-0.05, 0) is 75.6 Å². The number of aliphatic hydroxyl groups is 2. The highest BCUT2D eigenvalue weighted by molar-refractivity contribution is 6.01. The number of phenolic OH excluding ortho intramolecular Hbond substituents is 4. The molecule has 0 fully saturated rings. The Balaban J connectivity index is 0.000000480. The third kappa shape index (κ3) is 15.2. The van der Waals surface area contributed by atoms with Crippen LogP contribution >= 0.6 is 0 Å². The van der Waals surface area contributed by atoms with Crippen LogP contribution in [-0.2, 0) is 31.9 Å². The summed E-state index contributed by atoms with van der Waals surface area (Å²) in [5.74, 6) is -2.74. The fourth-order valence-electron chi connectivity index (χ4n) is 4.99. The number of benzene rings is 2. The van der Waals surface area contributed by atoms with Crippen molar-refractivity contribution in [2.24, 2.45) is 0 Å². The van der Waals surface area contributed by atoms with Gasteiger partial charge in [-0.1, -0.05) is 26.7 Å². The van der Waals surface area contributed by atoms with Gasteiger partial charge in [0.1, 0.15) is 23.0 Å². The first-order chi connectivity index (χ1) is 22.8. The second kappa shape index (κ2) is 22.4. The molecular weight excluding hydrogens is 624 g/mol. The number of ketones is 2. The van der Waals surface area contributed by atoms with Crippen molar-refractivity contribution in [3.05, 3.63) is 46.5 Å². The van der Waals surface area contributed by atoms with Gasteiger partial charge in [0.15, 0.2) is 11.6 Å². The predicted molar refractivity (Wildman–Crippen MR) is 178 cm³/mol. The van der Waals surface area contributed by atoms with Gasteiger partial charge in [-0.15, -0.1) is 0 Å². The van der Waals surface area contributed by atoms with Crippen LogP contribution in [0.2, 0.25) is 0 Å². The molecule has 6 N–H and O–H groups in total. The fraction of sp³-hybridized carbons (Fsp3) is 0.556.